The molecule has 0 aromatic rings. The number of hydrogen-bond acceptors (Lipinski definition) is 2. The Bertz CT molecular complexity index is 257. The minimum atomic E-state index is 0.00229. The number of ether oxygens (including phenoxy) is 1. The Morgan fingerprint density at radius 3 is 2.25 bits per heavy atom. The van der Waals surface area contributed by atoms with Crippen molar-refractivity contribution in [1.29, 1.82) is 0 Å². The molecule has 1 aliphatic carbocycles. The molecule has 0 aromatic carbocycles. The van der Waals surface area contributed by atoms with Gasteiger partial charge in [-0.3, -0.25) is 4.79 Å². The van der Waals surface area contributed by atoms with E-state index in [2.05, 4.69) is 27.7 Å². The third-order valence-electron chi connectivity index (χ3n) is 4.79. The Balaban J connectivity index is 2.90. The van der Waals surface area contributed by atoms with Crippen LogP contribution in [0.4, 0.5) is 0 Å². The van der Waals surface area contributed by atoms with Crippen molar-refractivity contribution in [3.05, 3.63) is 0 Å². The maximum absolute atomic E-state index is 12.0. The SMILES string of the molecule is CCOC(=O)C(CC)C1(C)CCCC1(C)C. The smallest absolute Gasteiger partial charge is 0.309 e. The van der Waals surface area contributed by atoms with E-state index in [4.69, 9.17) is 4.74 Å². The molecule has 0 saturated heterocycles. The van der Waals surface area contributed by atoms with Crippen molar-refractivity contribution in [1.82, 2.24) is 0 Å². The van der Waals surface area contributed by atoms with E-state index >= 15 is 0 Å². The molecule has 0 aliphatic heterocycles. The first-order valence-electron chi connectivity index (χ1n) is 6.55. The maximum Gasteiger partial charge on any atom is 0.309 e. The highest BCUT2D eigenvalue weighted by molar-refractivity contribution is 5.73. The zero-order chi connectivity index (χ0) is 12.4. The van der Waals surface area contributed by atoms with Crippen LogP contribution in [0.2, 0.25) is 0 Å². The van der Waals surface area contributed by atoms with Gasteiger partial charge in [-0.25, -0.2) is 0 Å². The molecule has 2 heteroatoms. The van der Waals surface area contributed by atoms with Crippen LogP contribution < -0.4 is 0 Å². The Morgan fingerprint density at radius 1 is 1.25 bits per heavy atom. The minimum absolute atomic E-state index is 0.00229. The summed E-state index contributed by atoms with van der Waals surface area (Å²) in [6.45, 7) is 11.3. The molecule has 1 fully saturated rings. The molecule has 0 N–H and O–H groups in total. The predicted octanol–water partition coefficient (Wildman–Crippen LogP) is 3.79. The number of hydrogen-bond donors (Lipinski definition) is 0. The quantitative estimate of drug-likeness (QED) is 0.682. The summed E-state index contributed by atoms with van der Waals surface area (Å²) < 4.78 is 5.23. The van der Waals surface area contributed by atoms with Crippen LogP contribution in [0, 0.1) is 16.7 Å². The molecule has 1 rings (SSSR count). The third kappa shape index (κ3) is 2.11. The summed E-state index contributed by atoms with van der Waals surface area (Å²) in [5.41, 5.74) is 0.356. The summed E-state index contributed by atoms with van der Waals surface area (Å²) in [6, 6.07) is 0. The molecule has 0 spiro atoms. The summed E-state index contributed by atoms with van der Waals surface area (Å²) >= 11 is 0. The first kappa shape index (κ1) is 13.5. The van der Waals surface area contributed by atoms with E-state index in [1.165, 1.54) is 12.8 Å². The Morgan fingerprint density at radius 2 is 1.88 bits per heavy atom. The predicted molar refractivity (Wildman–Crippen MR) is 66.2 cm³/mol. The van der Waals surface area contributed by atoms with Crippen molar-refractivity contribution in [3.8, 4) is 0 Å². The van der Waals surface area contributed by atoms with Crippen LogP contribution in [0.5, 0.6) is 0 Å². The molecule has 1 aliphatic rings. The van der Waals surface area contributed by atoms with Gasteiger partial charge in [0, 0.05) is 0 Å². The standard InChI is InChI=1S/C14H26O2/c1-6-11(12(15)16-7-2)14(5)10-8-9-13(14,3)4/h11H,6-10H2,1-5H3. The van der Waals surface area contributed by atoms with Crippen molar-refractivity contribution < 1.29 is 9.53 Å². The van der Waals surface area contributed by atoms with Crippen molar-refractivity contribution in [3.63, 3.8) is 0 Å². The van der Waals surface area contributed by atoms with Gasteiger partial charge >= 0.3 is 5.97 Å². The molecular formula is C14H26O2. The average Bonchev–Trinajstić information content (AvgIpc) is 2.43. The highest BCUT2D eigenvalue weighted by Gasteiger charge is 2.52. The van der Waals surface area contributed by atoms with E-state index < -0.39 is 0 Å². The van der Waals surface area contributed by atoms with Crippen LogP contribution >= 0.6 is 0 Å². The fraction of sp³-hybridized carbons (Fsp3) is 0.929. The molecule has 0 amide bonds. The van der Waals surface area contributed by atoms with Crippen molar-refractivity contribution >= 4 is 5.97 Å². The number of carbonyl (C=O) groups is 1. The second kappa shape index (κ2) is 4.77. The second-order valence-corrected chi connectivity index (χ2v) is 5.87. The number of rotatable bonds is 4. The molecule has 2 atom stereocenters. The fourth-order valence-corrected chi connectivity index (χ4v) is 3.29. The number of esters is 1. The molecule has 0 heterocycles. The summed E-state index contributed by atoms with van der Waals surface area (Å²) in [7, 11) is 0. The third-order valence-corrected chi connectivity index (χ3v) is 4.79. The first-order valence-corrected chi connectivity index (χ1v) is 6.55. The van der Waals surface area contributed by atoms with Crippen LogP contribution in [0.3, 0.4) is 0 Å². The van der Waals surface area contributed by atoms with Crippen LogP contribution in [0.1, 0.15) is 60.3 Å². The molecule has 0 radical (unpaired) electrons. The van der Waals surface area contributed by atoms with Crippen LogP contribution in [0.15, 0.2) is 0 Å². The largest absolute Gasteiger partial charge is 0.466 e. The highest BCUT2D eigenvalue weighted by Crippen LogP contribution is 2.57. The van der Waals surface area contributed by atoms with Gasteiger partial charge in [0.1, 0.15) is 0 Å². The van der Waals surface area contributed by atoms with Crippen LogP contribution in [-0.2, 0) is 9.53 Å². The maximum atomic E-state index is 12.0. The lowest BCUT2D eigenvalue weighted by Gasteiger charge is -2.43. The van der Waals surface area contributed by atoms with Gasteiger partial charge < -0.3 is 4.74 Å². The zero-order valence-corrected chi connectivity index (χ0v) is 11.4. The lowest BCUT2D eigenvalue weighted by molar-refractivity contribution is -0.156. The van der Waals surface area contributed by atoms with Gasteiger partial charge in [-0.05, 0) is 37.0 Å². The summed E-state index contributed by atoms with van der Waals surface area (Å²) in [4.78, 5) is 12.0. The summed E-state index contributed by atoms with van der Waals surface area (Å²) in [5, 5.41) is 0. The molecule has 1 saturated carbocycles. The molecule has 16 heavy (non-hydrogen) atoms. The monoisotopic (exact) mass is 226 g/mol. The average molecular weight is 226 g/mol. The van der Waals surface area contributed by atoms with Gasteiger partial charge in [0.25, 0.3) is 0 Å². The van der Waals surface area contributed by atoms with Gasteiger partial charge in [0.05, 0.1) is 12.5 Å². The molecule has 0 bridgehead atoms. The highest BCUT2D eigenvalue weighted by atomic mass is 16.5. The Hall–Kier alpha value is -0.530. The summed E-state index contributed by atoms with van der Waals surface area (Å²) in [5.74, 6) is 0.0624. The van der Waals surface area contributed by atoms with Gasteiger partial charge in [-0.2, -0.15) is 0 Å². The van der Waals surface area contributed by atoms with Crippen molar-refractivity contribution in [2.75, 3.05) is 6.61 Å². The van der Waals surface area contributed by atoms with Gasteiger partial charge in [0.15, 0.2) is 0 Å². The van der Waals surface area contributed by atoms with E-state index in [0.717, 1.165) is 12.8 Å². The molecule has 2 nitrogen and oxygen atoms in total. The second-order valence-electron chi connectivity index (χ2n) is 5.87. The first-order chi connectivity index (χ1) is 7.39. The van der Waals surface area contributed by atoms with Gasteiger partial charge in [0.2, 0.25) is 0 Å². The van der Waals surface area contributed by atoms with Crippen LogP contribution in [0.25, 0.3) is 0 Å². The van der Waals surface area contributed by atoms with E-state index in [-0.39, 0.29) is 22.7 Å². The minimum Gasteiger partial charge on any atom is -0.466 e. The van der Waals surface area contributed by atoms with E-state index in [1.807, 2.05) is 6.92 Å². The number of carbonyl (C=O) groups excluding carboxylic acids is 1. The van der Waals surface area contributed by atoms with Crippen molar-refractivity contribution in [2.24, 2.45) is 16.7 Å². The van der Waals surface area contributed by atoms with Crippen LogP contribution in [-0.4, -0.2) is 12.6 Å². The molecule has 2 unspecified atom stereocenters. The molecule has 0 aromatic heterocycles. The lowest BCUT2D eigenvalue weighted by atomic mass is 9.61. The normalized spacial score (nSPS) is 30.1. The lowest BCUT2D eigenvalue weighted by Crippen LogP contribution is -2.41. The molecular weight excluding hydrogens is 200 g/mol. The van der Waals surface area contributed by atoms with Crippen molar-refractivity contribution in [2.45, 2.75) is 60.3 Å². The van der Waals surface area contributed by atoms with Gasteiger partial charge in [-0.1, -0.05) is 34.1 Å². The molecule has 94 valence electrons. The fourth-order valence-electron chi connectivity index (χ4n) is 3.29. The zero-order valence-electron chi connectivity index (χ0n) is 11.4. The van der Waals surface area contributed by atoms with E-state index in [1.54, 1.807) is 0 Å². The Labute approximate surface area is 99.8 Å². The Kier molecular flexibility index (Phi) is 4.03. The summed E-state index contributed by atoms with van der Waals surface area (Å²) in [6.07, 6.45) is 4.49. The van der Waals surface area contributed by atoms with E-state index in [9.17, 15) is 4.79 Å². The van der Waals surface area contributed by atoms with Gasteiger partial charge in [-0.15, -0.1) is 0 Å². The topological polar surface area (TPSA) is 26.3 Å². The van der Waals surface area contributed by atoms with E-state index in [0.29, 0.717) is 6.61 Å².